The Morgan fingerprint density at radius 3 is 2.60 bits per heavy atom. The Labute approximate surface area is 151 Å². The van der Waals surface area contributed by atoms with Crippen LogP contribution in [-0.4, -0.2) is 24.7 Å². The van der Waals surface area contributed by atoms with Crippen LogP contribution in [-0.2, 0) is 20.1 Å². The first-order valence-electron chi connectivity index (χ1n) is 7.86. The molecule has 1 amide bonds. The molecule has 132 valence electrons. The molecule has 0 spiro atoms. The zero-order valence-corrected chi connectivity index (χ0v) is 15.1. The third-order valence-corrected chi connectivity index (χ3v) is 4.61. The monoisotopic (exact) mass is 358 g/mol. The number of benzene rings is 2. The van der Waals surface area contributed by atoms with Gasteiger partial charge in [0.25, 0.3) is 0 Å². The largest absolute Gasteiger partial charge is 0.468 e. The molecule has 0 heterocycles. The fraction of sp³-hybridized carbons (Fsp3) is 0.263. The van der Waals surface area contributed by atoms with Crippen LogP contribution in [0.2, 0.25) is 0 Å². The third kappa shape index (κ3) is 5.92. The number of hydrogen-bond donors (Lipinski definition) is 2. The number of methoxy groups -OCH3 is 1. The lowest BCUT2D eigenvalue weighted by molar-refractivity contribution is -0.137. The lowest BCUT2D eigenvalue weighted by Gasteiger charge is -2.13. The predicted octanol–water partition coefficient (Wildman–Crippen LogP) is 3.04. The summed E-state index contributed by atoms with van der Waals surface area (Å²) in [6.07, 6.45) is 0. The molecule has 0 aliphatic carbocycles. The Morgan fingerprint density at radius 1 is 1.20 bits per heavy atom. The number of amides is 1. The Balaban J connectivity index is 1.95. The number of ether oxygens (including phenoxy) is 1. The highest BCUT2D eigenvalue weighted by molar-refractivity contribution is 7.99. The second kappa shape index (κ2) is 9.25. The van der Waals surface area contributed by atoms with Crippen molar-refractivity contribution in [3.05, 3.63) is 65.2 Å². The number of anilines is 1. The average molecular weight is 358 g/mol. The molecule has 0 radical (unpaired) electrons. The molecule has 0 bridgehead atoms. The van der Waals surface area contributed by atoms with E-state index in [0.717, 1.165) is 16.7 Å². The number of nitrogens with one attached hydrogen (secondary N) is 1. The van der Waals surface area contributed by atoms with Gasteiger partial charge in [0, 0.05) is 11.4 Å². The summed E-state index contributed by atoms with van der Waals surface area (Å²) < 4.78 is 4.61. The van der Waals surface area contributed by atoms with E-state index >= 15 is 0 Å². The van der Waals surface area contributed by atoms with Gasteiger partial charge in [-0.3, -0.25) is 9.59 Å². The van der Waals surface area contributed by atoms with Crippen molar-refractivity contribution >= 4 is 29.3 Å². The second-order valence-corrected chi connectivity index (χ2v) is 6.63. The summed E-state index contributed by atoms with van der Waals surface area (Å²) in [6, 6.07) is 14.4. The molecule has 0 saturated heterocycles. The van der Waals surface area contributed by atoms with Crippen molar-refractivity contribution in [3.8, 4) is 0 Å². The van der Waals surface area contributed by atoms with E-state index in [2.05, 4.69) is 10.1 Å². The molecule has 0 fully saturated rings. The first-order valence-corrected chi connectivity index (χ1v) is 9.01. The Hall–Kier alpha value is -2.31. The summed E-state index contributed by atoms with van der Waals surface area (Å²) in [5, 5.41) is 2.84. The maximum Gasteiger partial charge on any atom is 0.315 e. The van der Waals surface area contributed by atoms with Crippen molar-refractivity contribution in [2.75, 3.05) is 18.2 Å². The zero-order valence-electron chi connectivity index (χ0n) is 14.3. The van der Waals surface area contributed by atoms with E-state index in [1.807, 2.05) is 55.5 Å². The number of carbonyl (C=O) groups is 2. The van der Waals surface area contributed by atoms with Gasteiger partial charge in [0.2, 0.25) is 5.91 Å². The molecule has 0 aromatic heterocycles. The number of esters is 1. The quantitative estimate of drug-likeness (QED) is 0.744. The van der Waals surface area contributed by atoms with E-state index in [1.165, 1.54) is 18.9 Å². The van der Waals surface area contributed by atoms with Crippen LogP contribution in [0.3, 0.4) is 0 Å². The molecule has 2 aromatic rings. The highest BCUT2D eigenvalue weighted by Gasteiger charge is 2.15. The minimum absolute atomic E-state index is 0.251. The number of carbonyl (C=O) groups excluding carboxylic acids is 2. The van der Waals surface area contributed by atoms with E-state index in [4.69, 9.17) is 5.73 Å². The SMILES string of the molecule is COC(=O)CSCc1cccc(NC(=O)C(N)c2ccc(C)cc2)c1. The van der Waals surface area contributed by atoms with Gasteiger partial charge < -0.3 is 15.8 Å². The molecule has 3 N–H and O–H groups in total. The van der Waals surface area contributed by atoms with Gasteiger partial charge in [0.1, 0.15) is 6.04 Å². The van der Waals surface area contributed by atoms with E-state index in [-0.39, 0.29) is 11.9 Å². The first kappa shape index (κ1) is 19.0. The lowest BCUT2D eigenvalue weighted by Crippen LogP contribution is -2.27. The fourth-order valence-electron chi connectivity index (χ4n) is 2.20. The van der Waals surface area contributed by atoms with E-state index < -0.39 is 6.04 Å². The molecule has 1 atom stereocenters. The van der Waals surface area contributed by atoms with Crippen LogP contribution in [0, 0.1) is 6.92 Å². The molecule has 25 heavy (non-hydrogen) atoms. The minimum Gasteiger partial charge on any atom is -0.468 e. The summed E-state index contributed by atoms with van der Waals surface area (Å²) in [6.45, 7) is 1.99. The highest BCUT2D eigenvalue weighted by atomic mass is 32.2. The molecule has 0 aliphatic rings. The summed E-state index contributed by atoms with van der Waals surface area (Å²) in [7, 11) is 1.37. The van der Waals surface area contributed by atoms with Gasteiger partial charge in [-0.15, -0.1) is 11.8 Å². The first-order chi connectivity index (χ1) is 12.0. The normalized spacial score (nSPS) is 11.6. The number of thioether (sulfide) groups is 1. The van der Waals surface area contributed by atoms with Crippen LogP contribution in [0.4, 0.5) is 5.69 Å². The third-order valence-electron chi connectivity index (χ3n) is 3.63. The van der Waals surface area contributed by atoms with Crippen LogP contribution in [0.1, 0.15) is 22.7 Å². The fourth-order valence-corrected chi connectivity index (χ4v) is 3.00. The van der Waals surface area contributed by atoms with Gasteiger partial charge in [0.15, 0.2) is 0 Å². The van der Waals surface area contributed by atoms with Crippen molar-refractivity contribution in [1.29, 1.82) is 0 Å². The standard InChI is InChI=1S/C19H22N2O3S/c1-13-6-8-15(9-7-13)18(20)19(23)21-16-5-3-4-14(10-16)11-25-12-17(22)24-2/h3-10,18H,11-12,20H2,1-2H3,(H,21,23). The van der Waals surface area contributed by atoms with Crippen molar-refractivity contribution in [1.82, 2.24) is 0 Å². The number of nitrogens with two attached hydrogens (primary N) is 1. The molecule has 6 heteroatoms. The van der Waals surface area contributed by atoms with Crippen LogP contribution in [0.5, 0.6) is 0 Å². The van der Waals surface area contributed by atoms with Crippen LogP contribution >= 0.6 is 11.8 Å². The lowest BCUT2D eigenvalue weighted by atomic mass is 10.1. The zero-order chi connectivity index (χ0) is 18.2. The van der Waals surface area contributed by atoms with Crippen molar-refractivity contribution in [3.63, 3.8) is 0 Å². The maximum atomic E-state index is 12.3. The molecule has 0 aliphatic heterocycles. The molecule has 5 nitrogen and oxygen atoms in total. The minimum atomic E-state index is -0.724. The Kier molecular flexibility index (Phi) is 7.03. The molecule has 2 aromatic carbocycles. The smallest absolute Gasteiger partial charge is 0.315 e. The second-order valence-electron chi connectivity index (χ2n) is 5.65. The van der Waals surface area contributed by atoms with Gasteiger partial charge in [-0.2, -0.15) is 0 Å². The Morgan fingerprint density at radius 2 is 1.92 bits per heavy atom. The molecular weight excluding hydrogens is 336 g/mol. The van der Waals surface area contributed by atoms with Gasteiger partial charge in [-0.1, -0.05) is 42.0 Å². The Bertz CT molecular complexity index is 732. The summed E-state index contributed by atoms with van der Waals surface area (Å²) >= 11 is 1.46. The van der Waals surface area contributed by atoms with E-state index in [0.29, 0.717) is 17.2 Å². The van der Waals surface area contributed by atoms with E-state index in [1.54, 1.807) is 0 Å². The highest BCUT2D eigenvalue weighted by Crippen LogP contribution is 2.19. The van der Waals surface area contributed by atoms with Crippen LogP contribution < -0.4 is 11.1 Å². The van der Waals surface area contributed by atoms with Crippen molar-refractivity contribution in [2.45, 2.75) is 18.7 Å². The molecule has 2 rings (SSSR count). The topological polar surface area (TPSA) is 81.4 Å². The summed E-state index contributed by atoms with van der Waals surface area (Å²) in [5.41, 5.74) is 9.62. The predicted molar refractivity (Wildman–Crippen MR) is 101 cm³/mol. The van der Waals surface area contributed by atoms with Crippen LogP contribution in [0.25, 0.3) is 0 Å². The molecule has 0 saturated carbocycles. The van der Waals surface area contributed by atoms with Crippen molar-refractivity contribution < 1.29 is 14.3 Å². The number of rotatable bonds is 7. The van der Waals surface area contributed by atoms with E-state index in [9.17, 15) is 9.59 Å². The number of aryl methyl sites for hydroxylation is 1. The number of hydrogen-bond acceptors (Lipinski definition) is 5. The van der Waals surface area contributed by atoms with Gasteiger partial charge >= 0.3 is 5.97 Å². The van der Waals surface area contributed by atoms with Gasteiger partial charge in [0.05, 0.1) is 12.9 Å². The van der Waals surface area contributed by atoms with Crippen molar-refractivity contribution in [2.24, 2.45) is 5.73 Å². The molecule has 1 unspecified atom stereocenters. The van der Waals surface area contributed by atoms with Crippen LogP contribution in [0.15, 0.2) is 48.5 Å². The molecular formula is C19H22N2O3S. The summed E-state index contributed by atoms with van der Waals surface area (Å²) in [4.78, 5) is 23.5. The maximum absolute atomic E-state index is 12.3. The van der Waals surface area contributed by atoms with Gasteiger partial charge in [-0.25, -0.2) is 0 Å². The summed E-state index contributed by atoms with van der Waals surface area (Å²) in [5.74, 6) is 0.440. The van der Waals surface area contributed by atoms with Gasteiger partial charge in [-0.05, 0) is 30.2 Å². The average Bonchev–Trinajstić information content (AvgIpc) is 2.62.